The van der Waals surface area contributed by atoms with E-state index in [0.717, 1.165) is 51.4 Å². The van der Waals surface area contributed by atoms with Crippen LogP contribution in [0.25, 0.3) is 0 Å². The maximum absolute atomic E-state index is 11.3. The first kappa shape index (κ1) is 26.7. The molecule has 0 saturated carbocycles. The van der Waals surface area contributed by atoms with Gasteiger partial charge in [-0.3, -0.25) is 9.05 Å². The molecular weight excluding hydrogens is 371 g/mol. The molecule has 0 fully saturated rings. The molecule has 3 unspecified atom stereocenters. The molecule has 3 N–H and O–H groups in total. The average Bonchev–Trinajstić information content (AvgIpc) is 2.59. The minimum Gasteiger partial charge on any atom is -0.390 e. The van der Waals surface area contributed by atoms with Crippen LogP contribution in [0.15, 0.2) is 0 Å². The van der Waals surface area contributed by atoms with Crippen LogP contribution in [0.3, 0.4) is 0 Å². The Morgan fingerprint density at radius 3 is 1.85 bits per heavy atom. The largest absolute Gasteiger partial charge is 0.472 e. The highest BCUT2D eigenvalue weighted by molar-refractivity contribution is 7.47. The molecular formula is C19H39O7P. The van der Waals surface area contributed by atoms with Gasteiger partial charge in [-0.05, 0) is 39.5 Å². The van der Waals surface area contributed by atoms with Crippen molar-refractivity contribution in [2.45, 2.75) is 103 Å². The predicted molar refractivity (Wildman–Crippen MR) is 106 cm³/mol. The smallest absolute Gasteiger partial charge is 0.390 e. The van der Waals surface area contributed by atoms with E-state index in [1.165, 1.54) is 0 Å². The molecule has 8 heteroatoms. The third-order valence-corrected chi connectivity index (χ3v) is 5.51. The summed E-state index contributed by atoms with van der Waals surface area (Å²) in [5.74, 6) is 0.236. The molecule has 0 heterocycles. The Kier molecular flexibility index (Phi) is 16.5. The van der Waals surface area contributed by atoms with Crippen LogP contribution >= 0.6 is 7.82 Å². The van der Waals surface area contributed by atoms with Crippen molar-refractivity contribution >= 4 is 13.6 Å². The zero-order chi connectivity index (χ0) is 20.5. The number of aliphatic hydroxyl groups excluding tert-OH is 2. The highest BCUT2D eigenvalue weighted by Gasteiger charge is 2.19. The summed E-state index contributed by atoms with van der Waals surface area (Å²) in [6.07, 6.45) is 8.51. The lowest BCUT2D eigenvalue weighted by Gasteiger charge is -2.17. The molecule has 0 amide bonds. The van der Waals surface area contributed by atoms with Crippen LogP contribution in [0.4, 0.5) is 0 Å². The topological polar surface area (TPSA) is 113 Å². The number of unbranched alkanes of at least 4 members (excludes halogenated alkanes) is 7. The summed E-state index contributed by atoms with van der Waals surface area (Å²) in [5.41, 5.74) is 0. The van der Waals surface area contributed by atoms with Gasteiger partial charge in [0, 0.05) is 6.42 Å². The molecule has 162 valence electrons. The van der Waals surface area contributed by atoms with Crippen LogP contribution in [0.2, 0.25) is 0 Å². The van der Waals surface area contributed by atoms with E-state index in [2.05, 4.69) is 4.52 Å². The Labute approximate surface area is 164 Å². The van der Waals surface area contributed by atoms with Gasteiger partial charge in [-0.25, -0.2) is 4.57 Å². The van der Waals surface area contributed by atoms with E-state index in [9.17, 15) is 24.5 Å². The Hall–Kier alpha value is -0.300. The summed E-state index contributed by atoms with van der Waals surface area (Å²) in [7, 11) is -3.89. The van der Waals surface area contributed by atoms with Gasteiger partial charge in [-0.2, -0.15) is 0 Å². The molecule has 3 atom stereocenters. The normalized spacial score (nSPS) is 16.0. The fourth-order valence-electron chi connectivity index (χ4n) is 2.83. The predicted octanol–water partition coefficient (Wildman–Crippen LogP) is 4.13. The van der Waals surface area contributed by atoms with E-state index in [1.807, 2.05) is 0 Å². The summed E-state index contributed by atoms with van der Waals surface area (Å²) in [5, 5.41) is 20.0. The first-order valence-corrected chi connectivity index (χ1v) is 11.8. The van der Waals surface area contributed by atoms with Crippen LogP contribution in [0.1, 0.15) is 90.9 Å². The summed E-state index contributed by atoms with van der Waals surface area (Å²) in [4.78, 5) is 20.1. The second kappa shape index (κ2) is 16.6. The minimum atomic E-state index is -3.89. The van der Waals surface area contributed by atoms with Gasteiger partial charge in [0.05, 0.1) is 25.4 Å². The SMILES string of the molecule is CCOP(=O)(O)OCCCCCCC(O)C(O)CCCCCCCC(C)=O. The number of carbonyl (C=O) groups is 1. The van der Waals surface area contributed by atoms with Crippen LogP contribution < -0.4 is 0 Å². The van der Waals surface area contributed by atoms with Crippen molar-refractivity contribution in [1.82, 2.24) is 0 Å². The van der Waals surface area contributed by atoms with Gasteiger partial charge in [0.25, 0.3) is 0 Å². The average molecular weight is 410 g/mol. The molecule has 27 heavy (non-hydrogen) atoms. The summed E-state index contributed by atoms with van der Waals surface area (Å²) >= 11 is 0. The highest BCUT2D eigenvalue weighted by atomic mass is 31.2. The zero-order valence-electron chi connectivity index (χ0n) is 17.0. The van der Waals surface area contributed by atoms with Gasteiger partial charge in [-0.1, -0.05) is 44.9 Å². The number of aliphatic hydroxyl groups is 2. The highest BCUT2D eigenvalue weighted by Crippen LogP contribution is 2.42. The van der Waals surface area contributed by atoms with E-state index in [-0.39, 0.29) is 19.0 Å². The maximum Gasteiger partial charge on any atom is 0.472 e. The Morgan fingerprint density at radius 2 is 1.33 bits per heavy atom. The Balaban J connectivity index is 3.51. The number of phosphoric acid groups is 1. The zero-order valence-corrected chi connectivity index (χ0v) is 17.9. The van der Waals surface area contributed by atoms with E-state index < -0.39 is 20.0 Å². The summed E-state index contributed by atoms with van der Waals surface area (Å²) in [6, 6.07) is 0. The van der Waals surface area contributed by atoms with Crippen LogP contribution in [-0.2, 0) is 18.4 Å². The lowest BCUT2D eigenvalue weighted by molar-refractivity contribution is -0.117. The second-order valence-corrected chi connectivity index (χ2v) is 8.52. The number of carbonyl (C=O) groups excluding carboxylic acids is 1. The lowest BCUT2D eigenvalue weighted by atomic mass is 10.00. The van der Waals surface area contributed by atoms with Crippen molar-refractivity contribution < 1.29 is 33.5 Å². The van der Waals surface area contributed by atoms with Crippen molar-refractivity contribution in [1.29, 1.82) is 0 Å². The number of ketones is 1. The van der Waals surface area contributed by atoms with Gasteiger partial charge < -0.3 is 19.9 Å². The fraction of sp³-hybridized carbons (Fsp3) is 0.947. The first-order valence-electron chi connectivity index (χ1n) is 10.3. The molecule has 0 rings (SSSR count). The molecule has 0 aliphatic heterocycles. The molecule has 0 saturated heterocycles. The minimum absolute atomic E-state index is 0.133. The molecule has 0 spiro atoms. The molecule has 0 aromatic heterocycles. The van der Waals surface area contributed by atoms with E-state index >= 15 is 0 Å². The third-order valence-electron chi connectivity index (χ3n) is 4.41. The van der Waals surface area contributed by atoms with Crippen molar-refractivity contribution in [3.8, 4) is 0 Å². The second-order valence-electron chi connectivity index (χ2n) is 7.07. The molecule has 0 aliphatic carbocycles. The first-order chi connectivity index (χ1) is 12.8. The van der Waals surface area contributed by atoms with Gasteiger partial charge >= 0.3 is 7.82 Å². The van der Waals surface area contributed by atoms with Gasteiger partial charge in [0.15, 0.2) is 0 Å². The number of hydrogen-bond donors (Lipinski definition) is 3. The fourth-order valence-corrected chi connectivity index (χ4v) is 3.59. The standard InChI is InChI=1S/C19H39O7P/c1-3-25-27(23,24)26-16-12-8-7-11-15-19(22)18(21)14-10-6-4-5-9-13-17(2)20/h18-19,21-22H,3-16H2,1-2H3,(H,23,24). The van der Waals surface area contributed by atoms with Crippen molar-refractivity contribution in [3.63, 3.8) is 0 Å². The molecule has 7 nitrogen and oxygen atoms in total. The number of Topliss-reactive ketones (excluding diaryl/α,β-unsaturated/α-hetero) is 1. The summed E-state index contributed by atoms with van der Waals surface area (Å²) in [6.45, 7) is 3.54. The number of phosphoric ester groups is 1. The molecule has 0 bridgehead atoms. The molecule has 0 aromatic carbocycles. The Morgan fingerprint density at radius 1 is 0.852 bits per heavy atom. The Bertz CT molecular complexity index is 417. The maximum atomic E-state index is 11.3. The quantitative estimate of drug-likeness (QED) is 0.217. The van der Waals surface area contributed by atoms with Crippen LogP contribution in [0, 0.1) is 0 Å². The number of hydrogen-bond acceptors (Lipinski definition) is 6. The lowest BCUT2D eigenvalue weighted by Crippen LogP contribution is -2.25. The van der Waals surface area contributed by atoms with Crippen LogP contribution in [-0.4, -0.2) is 46.3 Å². The van der Waals surface area contributed by atoms with Gasteiger partial charge in [0.1, 0.15) is 5.78 Å². The molecule has 0 aliphatic rings. The number of rotatable bonds is 19. The van der Waals surface area contributed by atoms with Gasteiger partial charge in [-0.15, -0.1) is 0 Å². The van der Waals surface area contributed by atoms with Crippen LogP contribution in [0.5, 0.6) is 0 Å². The van der Waals surface area contributed by atoms with E-state index in [0.29, 0.717) is 25.7 Å². The van der Waals surface area contributed by atoms with Crippen molar-refractivity contribution in [3.05, 3.63) is 0 Å². The van der Waals surface area contributed by atoms with Crippen molar-refractivity contribution in [2.24, 2.45) is 0 Å². The van der Waals surface area contributed by atoms with Crippen molar-refractivity contribution in [2.75, 3.05) is 13.2 Å². The van der Waals surface area contributed by atoms with E-state index in [4.69, 9.17) is 4.52 Å². The van der Waals surface area contributed by atoms with Gasteiger partial charge in [0.2, 0.25) is 0 Å². The molecule has 0 aromatic rings. The molecule has 0 radical (unpaired) electrons. The summed E-state index contributed by atoms with van der Waals surface area (Å²) < 4.78 is 20.7. The van der Waals surface area contributed by atoms with E-state index in [1.54, 1.807) is 13.8 Å². The monoisotopic (exact) mass is 410 g/mol. The third kappa shape index (κ3) is 17.5.